The van der Waals surface area contributed by atoms with Crippen LogP contribution in [0.4, 0.5) is 0 Å². The first kappa shape index (κ1) is 7.80. The van der Waals surface area contributed by atoms with Crippen LogP contribution in [0.1, 0.15) is 39.0 Å². The zero-order valence-electron chi connectivity index (χ0n) is 6.64. The molecule has 0 saturated carbocycles. The lowest BCUT2D eigenvalue weighted by Gasteiger charge is -2.20. The number of aliphatic hydroxyl groups is 1. The summed E-state index contributed by atoms with van der Waals surface area (Å²) < 4.78 is 0. The van der Waals surface area contributed by atoms with Gasteiger partial charge in [-0.2, -0.15) is 0 Å². The van der Waals surface area contributed by atoms with Crippen LogP contribution in [0, 0.1) is 0 Å². The molecule has 0 aromatic heterocycles. The predicted molar refractivity (Wildman–Crippen MR) is 42.8 cm³/mol. The van der Waals surface area contributed by atoms with Crippen molar-refractivity contribution in [2.24, 2.45) is 0 Å². The van der Waals surface area contributed by atoms with E-state index in [-0.39, 0.29) is 0 Å². The zero-order chi connectivity index (χ0) is 7.45. The van der Waals surface area contributed by atoms with E-state index in [9.17, 15) is 5.11 Å². The van der Waals surface area contributed by atoms with Gasteiger partial charge in [0.1, 0.15) is 0 Å². The summed E-state index contributed by atoms with van der Waals surface area (Å²) >= 11 is 0. The fourth-order valence-electron chi connectivity index (χ4n) is 1.34. The lowest BCUT2D eigenvalue weighted by atomic mass is 9.94. The highest BCUT2D eigenvalue weighted by atomic mass is 16.3. The molecule has 1 nitrogen and oxygen atoms in total. The van der Waals surface area contributed by atoms with Crippen LogP contribution in [-0.2, 0) is 0 Å². The minimum Gasteiger partial charge on any atom is -0.386 e. The topological polar surface area (TPSA) is 20.2 Å². The maximum Gasteiger partial charge on any atom is 0.0799 e. The molecule has 0 aromatic rings. The molecular formula is C9H16O. The monoisotopic (exact) mass is 140 g/mol. The fraction of sp³-hybridized carbons (Fsp3) is 0.778. The van der Waals surface area contributed by atoms with Crippen LogP contribution in [0.5, 0.6) is 0 Å². The lowest BCUT2D eigenvalue weighted by Crippen LogP contribution is -2.20. The van der Waals surface area contributed by atoms with Crippen molar-refractivity contribution >= 4 is 0 Å². The standard InChI is InChI=1S/C9H16O/c1-9(10)7-5-3-2-4-6-8-9/h5,7,10H,2-4,6,8H2,1H3/b7-5-/t9-/m0/s1. The van der Waals surface area contributed by atoms with Gasteiger partial charge in [0.15, 0.2) is 0 Å². The highest BCUT2D eigenvalue weighted by molar-refractivity contribution is 4.98. The maximum atomic E-state index is 9.59. The molecular weight excluding hydrogens is 124 g/mol. The van der Waals surface area contributed by atoms with Gasteiger partial charge in [0, 0.05) is 0 Å². The van der Waals surface area contributed by atoms with Gasteiger partial charge in [-0.1, -0.05) is 25.0 Å². The highest BCUT2D eigenvalue weighted by Gasteiger charge is 2.15. The smallest absolute Gasteiger partial charge is 0.0799 e. The van der Waals surface area contributed by atoms with Gasteiger partial charge < -0.3 is 5.11 Å². The largest absolute Gasteiger partial charge is 0.386 e. The number of hydrogen-bond acceptors (Lipinski definition) is 1. The van der Waals surface area contributed by atoms with Crippen LogP contribution in [0.2, 0.25) is 0 Å². The average Bonchev–Trinajstić information content (AvgIpc) is 1.81. The second-order valence-corrected chi connectivity index (χ2v) is 3.36. The summed E-state index contributed by atoms with van der Waals surface area (Å²) in [4.78, 5) is 0. The Morgan fingerprint density at radius 3 is 2.90 bits per heavy atom. The molecule has 0 spiro atoms. The Labute approximate surface area is 62.8 Å². The van der Waals surface area contributed by atoms with Crippen molar-refractivity contribution in [3.63, 3.8) is 0 Å². The molecule has 10 heavy (non-hydrogen) atoms. The summed E-state index contributed by atoms with van der Waals surface area (Å²) in [5.74, 6) is 0. The van der Waals surface area contributed by atoms with Crippen molar-refractivity contribution in [1.29, 1.82) is 0 Å². The molecule has 0 heterocycles. The Morgan fingerprint density at radius 1 is 1.30 bits per heavy atom. The van der Waals surface area contributed by atoms with Gasteiger partial charge in [0.25, 0.3) is 0 Å². The zero-order valence-corrected chi connectivity index (χ0v) is 6.64. The van der Waals surface area contributed by atoms with E-state index in [4.69, 9.17) is 0 Å². The van der Waals surface area contributed by atoms with Crippen molar-refractivity contribution < 1.29 is 5.11 Å². The molecule has 0 aliphatic heterocycles. The molecule has 0 amide bonds. The molecule has 1 atom stereocenters. The van der Waals surface area contributed by atoms with Crippen LogP contribution in [-0.4, -0.2) is 10.7 Å². The highest BCUT2D eigenvalue weighted by Crippen LogP contribution is 2.19. The van der Waals surface area contributed by atoms with Gasteiger partial charge >= 0.3 is 0 Å². The third kappa shape index (κ3) is 2.53. The van der Waals surface area contributed by atoms with Crippen LogP contribution >= 0.6 is 0 Å². The normalized spacial score (nSPS) is 38.2. The van der Waals surface area contributed by atoms with E-state index in [1.807, 2.05) is 13.0 Å². The van der Waals surface area contributed by atoms with Crippen molar-refractivity contribution in [3.8, 4) is 0 Å². The molecule has 0 bridgehead atoms. The van der Waals surface area contributed by atoms with Crippen LogP contribution in [0.3, 0.4) is 0 Å². The molecule has 0 radical (unpaired) electrons. The van der Waals surface area contributed by atoms with Crippen molar-refractivity contribution in [2.45, 2.75) is 44.6 Å². The second kappa shape index (κ2) is 3.20. The summed E-state index contributed by atoms with van der Waals surface area (Å²) in [5.41, 5.74) is -0.527. The molecule has 1 N–H and O–H groups in total. The lowest BCUT2D eigenvalue weighted by molar-refractivity contribution is 0.0969. The molecule has 58 valence electrons. The van der Waals surface area contributed by atoms with Crippen molar-refractivity contribution in [2.75, 3.05) is 0 Å². The Hall–Kier alpha value is -0.300. The van der Waals surface area contributed by atoms with Crippen LogP contribution in [0.15, 0.2) is 12.2 Å². The van der Waals surface area contributed by atoms with Crippen LogP contribution in [0.25, 0.3) is 0 Å². The average molecular weight is 140 g/mol. The van der Waals surface area contributed by atoms with Crippen molar-refractivity contribution in [1.82, 2.24) is 0 Å². The Bertz CT molecular complexity index is 125. The van der Waals surface area contributed by atoms with Crippen LogP contribution < -0.4 is 0 Å². The number of rotatable bonds is 0. The van der Waals surface area contributed by atoms with E-state index >= 15 is 0 Å². The van der Waals surface area contributed by atoms with E-state index in [1.165, 1.54) is 12.8 Å². The molecule has 1 aliphatic rings. The molecule has 0 saturated heterocycles. The predicted octanol–water partition coefficient (Wildman–Crippen LogP) is 2.26. The molecule has 0 unspecified atom stereocenters. The summed E-state index contributed by atoms with van der Waals surface area (Å²) in [5, 5.41) is 9.59. The third-order valence-corrected chi connectivity index (χ3v) is 2.03. The Kier molecular flexibility index (Phi) is 2.50. The minimum absolute atomic E-state index is 0.527. The van der Waals surface area contributed by atoms with Gasteiger partial charge in [-0.05, 0) is 26.2 Å². The summed E-state index contributed by atoms with van der Waals surface area (Å²) in [6, 6.07) is 0. The van der Waals surface area contributed by atoms with E-state index in [0.717, 1.165) is 19.3 Å². The molecule has 1 aliphatic carbocycles. The molecule has 1 rings (SSSR count). The molecule has 0 fully saturated rings. The summed E-state index contributed by atoms with van der Waals surface area (Å²) in [6.45, 7) is 1.88. The molecule has 0 aromatic carbocycles. The number of allylic oxidation sites excluding steroid dienone is 1. The van der Waals surface area contributed by atoms with E-state index in [2.05, 4.69) is 6.08 Å². The van der Waals surface area contributed by atoms with E-state index < -0.39 is 5.60 Å². The maximum absolute atomic E-state index is 9.59. The first-order chi connectivity index (χ1) is 4.71. The minimum atomic E-state index is -0.527. The third-order valence-electron chi connectivity index (χ3n) is 2.03. The quantitative estimate of drug-likeness (QED) is 0.512. The van der Waals surface area contributed by atoms with E-state index in [1.54, 1.807) is 0 Å². The Morgan fingerprint density at radius 2 is 2.10 bits per heavy atom. The summed E-state index contributed by atoms with van der Waals surface area (Å²) in [6.07, 6.45) is 9.80. The Balaban J connectivity index is 2.49. The van der Waals surface area contributed by atoms with Crippen molar-refractivity contribution in [3.05, 3.63) is 12.2 Å². The van der Waals surface area contributed by atoms with E-state index in [0.29, 0.717) is 0 Å². The van der Waals surface area contributed by atoms with Gasteiger partial charge in [-0.3, -0.25) is 0 Å². The van der Waals surface area contributed by atoms with Gasteiger partial charge in [0.2, 0.25) is 0 Å². The van der Waals surface area contributed by atoms with Gasteiger partial charge in [-0.15, -0.1) is 0 Å². The molecule has 1 heteroatoms. The van der Waals surface area contributed by atoms with Gasteiger partial charge in [-0.25, -0.2) is 0 Å². The van der Waals surface area contributed by atoms with Gasteiger partial charge in [0.05, 0.1) is 5.60 Å². The summed E-state index contributed by atoms with van der Waals surface area (Å²) in [7, 11) is 0. The fourth-order valence-corrected chi connectivity index (χ4v) is 1.34. The SMILES string of the molecule is C[C@]1(O)/C=C\CCCCC1. The first-order valence-electron chi connectivity index (χ1n) is 4.11. The first-order valence-corrected chi connectivity index (χ1v) is 4.11. The number of hydrogen-bond donors (Lipinski definition) is 1. The second-order valence-electron chi connectivity index (χ2n) is 3.36.